The average Bonchev–Trinajstić information content (AvgIpc) is 2.38. The molecule has 5 nitrogen and oxygen atoms in total. The van der Waals surface area contributed by atoms with Gasteiger partial charge in [-0.1, -0.05) is 6.07 Å². The normalized spacial score (nSPS) is 10.5. The highest BCUT2D eigenvalue weighted by Gasteiger charge is 2.01. The fourth-order valence-electron chi connectivity index (χ4n) is 1.44. The first-order valence-electron chi connectivity index (χ1n) is 5.76. The molecule has 0 saturated heterocycles. The molecule has 0 aromatic carbocycles. The topological polar surface area (TPSA) is 55.4 Å². The van der Waals surface area contributed by atoms with E-state index >= 15 is 0 Å². The van der Waals surface area contributed by atoms with Gasteiger partial charge >= 0.3 is 0 Å². The molecule has 0 aliphatic rings. The molecular formula is C12H21N3O2. The average molecular weight is 239 g/mol. The van der Waals surface area contributed by atoms with Crippen molar-refractivity contribution >= 4 is 0 Å². The molecule has 0 atom stereocenters. The van der Waals surface area contributed by atoms with Crippen LogP contribution in [0.4, 0.5) is 0 Å². The lowest BCUT2D eigenvalue weighted by atomic mass is 10.2. The maximum Gasteiger partial charge on any atom is 0.217 e. The third kappa shape index (κ3) is 5.63. The predicted octanol–water partition coefficient (Wildman–Crippen LogP) is 0.416. The van der Waals surface area contributed by atoms with Crippen LogP contribution in [0.15, 0.2) is 18.3 Å². The van der Waals surface area contributed by atoms with Gasteiger partial charge in [0, 0.05) is 45.0 Å². The van der Waals surface area contributed by atoms with Crippen molar-refractivity contribution in [1.82, 2.24) is 15.6 Å². The van der Waals surface area contributed by atoms with Crippen LogP contribution in [0.3, 0.4) is 0 Å². The largest absolute Gasteiger partial charge is 0.481 e. The number of rotatable bonds is 9. The van der Waals surface area contributed by atoms with Crippen molar-refractivity contribution in [3.63, 3.8) is 0 Å². The van der Waals surface area contributed by atoms with Crippen molar-refractivity contribution in [2.45, 2.75) is 6.54 Å². The molecule has 1 aromatic heterocycles. The Kier molecular flexibility index (Phi) is 7.29. The Balaban J connectivity index is 2.13. The van der Waals surface area contributed by atoms with Crippen LogP contribution >= 0.6 is 0 Å². The van der Waals surface area contributed by atoms with E-state index in [1.165, 1.54) is 0 Å². The van der Waals surface area contributed by atoms with Gasteiger partial charge in [-0.3, -0.25) is 0 Å². The second-order valence-corrected chi connectivity index (χ2v) is 3.59. The van der Waals surface area contributed by atoms with Gasteiger partial charge < -0.3 is 20.1 Å². The van der Waals surface area contributed by atoms with Crippen LogP contribution in [-0.4, -0.2) is 45.4 Å². The first-order valence-corrected chi connectivity index (χ1v) is 5.76. The van der Waals surface area contributed by atoms with E-state index in [-0.39, 0.29) is 0 Å². The number of hydrogen-bond donors (Lipinski definition) is 2. The zero-order valence-electron chi connectivity index (χ0n) is 10.5. The van der Waals surface area contributed by atoms with E-state index in [1.54, 1.807) is 20.4 Å². The minimum absolute atomic E-state index is 0.687. The summed E-state index contributed by atoms with van der Waals surface area (Å²) in [4.78, 5) is 4.14. The van der Waals surface area contributed by atoms with E-state index in [0.717, 1.165) is 38.3 Å². The summed E-state index contributed by atoms with van der Waals surface area (Å²) in [5, 5.41) is 6.60. The van der Waals surface area contributed by atoms with E-state index in [0.29, 0.717) is 5.88 Å². The minimum atomic E-state index is 0.687. The fourth-order valence-corrected chi connectivity index (χ4v) is 1.44. The van der Waals surface area contributed by atoms with E-state index in [4.69, 9.17) is 9.47 Å². The molecule has 17 heavy (non-hydrogen) atoms. The third-order valence-electron chi connectivity index (χ3n) is 2.32. The summed E-state index contributed by atoms with van der Waals surface area (Å²) in [6.45, 7) is 4.22. The standard InChI is InChI=1S/C12H21N3O2/c1-16-9-8-13-6-7-14-10-11-4-3-5-15-12(11)17-2/h3-5,13-14H,6-10H2,1-2H3. The van der Waals surface area contributed by atoms with Crippen LogP contribution in [0.25, 0.3) is 0 Å². The number of pyridine rings is 1. The van der Waals surface area contributed by atoms with Crippen molar-refractivity contribution in [2.24, 2.45) is 0 Å². The third-order valence-corrected chi connectivity index (χ3v) is 2.32. The molecule has 1 rings (SSSR count). The molecule has 5 heteroatoms. The highest BCUT2D eigenvalue weighted by Crippen LogP contribution is 2.12. The maximum atomic E-state index is 5.17. The Morgan fingerprint density at radius 3 is 2.76 bits per heavy atom. The van der Waals surface area contributed by atoms with Crippen molar-refractivity contribution < 1.29 is 9.47 Å². The molecular weight excluding hydrogens is 218 g/mol. The van der Waals surface area contributed by atoms with Gasteiger partial charge in [-0.15, -0.1) is 0 Å². The molecule has 0 unspecified atom stereocenters. The lowest BCUT2D eigenvalue weighted by molar-refractivity contribution is 0.199. The van der Waals surface area contributed by atoms with E-state index in [2.05, 4.69) is 15.6 Å². The van der Waals surface area contributed by atoms with Gasteiger partial charge in [-0.25, -0.2) is 4.98 Å². The summed E-state index contributed by atoms with van der Waals surface area (Å²) in [6.07, 6.45) is 1.73. The van der Waals surface area contributed by atoms with E-state index < -0.39 is 0 Å². The Labute approximate surface area is 103 Å². The monoisotopic (exact) mass is 239 g/mol. The van der Waals surface area contributed by atoms with E-state index in [1.807, 2.05) is 12.1 Å². The molecule has 0 aliphatic heterocycles. The first-order chi connectivity index (χ1) is 8.38. The second-order valence-electron chi connectivity index (χ2n) is 3.59. The zero-order chi connectivity index (χ0) is 12.3. The van der Waals surface area contributed by atoms with E-state index in [9.17, 15) is 0 Å². The Hall–Kier alpha value is -1.17. The molecule has 0 amide bonds. The van der Waals surface area contributed by atoms with Crippen LogP contribution in [0.2, 0.25) is 0 Å². The minimum Gasteiger partial charge on any atom is -0.481 e. The lowest BCUT2D eigenvalue weighted by Crippen LogP contribution is -2.29. The zero-order valence-corrected chi connectivity index (χ0v) is 10.5. The Morgan fingerprint density at radius 2 is 2.00 bits per heavy atom. The van der Waals surface area contributed by atoms with Crippen LogP contribution in [0.5, 0.6) is 5.88 Å². The smallest absolute Gasteiger partial charge is 0.217 e. The number of nitrogens with zero attached hydrogens (tertiary/aromatic N) is 1. The van der Waals surface area contributed by atoms with Crippen LogP contribution < -0.4 is 15.4 Å². The summed E-state index contributed by atoms with van der Waals surface area (Å²) < 4.78 is 10.1. The molecule has 0 aliphatic carbocycles. The van der Waals surface area contributed by atoms with Crippen molar-refractivity contribution in [1.29, 1.82) is 0 Å². The summed E-state index contributed by atoms with van der Waals surface area (Å²) in [6, 6.07) is 3.92. The van der Waals surface area contributed by atoms with Gasteiger partial charge in [-0.05, 0) is 6.07 Å². The summed E-state index contributed by atoms with van der Waals surface area (Å²) in [7, 11) is 3.34. The van der Waals surface area contributed by atoms with Gasteiger partial charge in [-0.2, -0.15) is 0 Å². The molecule has 1 aromatic rings. The molecule has 0 saturated carbocycles. The number of aromatic nitrogens is 1. The number of ether oxygens (including phenoxy) is 2. The van der Waals surface area contributed by atoms with Gasteiger partial charge in [0.1, 0.15) is 0 Å². The van der Waals surface area contributed by atoms with Crippen LogP contribution in [0.1, 0.15) is 5.56 Å². The molecule has 0 radical (unpaired) electrons. The summed E-state index contributed by atoms with van der Waals surface area (Å²) >= 11 is 0. The number of methoxy groups -OCH3 is 2. The summed E-state index contributed by atoms with van der Waals surface area (Å²) in [5.74, 6) is 0.687. The Morgan fingerprint density at radius 1 is 1.18 bits per heavy atom. The van der Waals surface area contributed by atoms with Crippen molar-refractivity contribution in [3.8, 4) is 5.88 Å². The van der Waals surface area contributed by atoms with Gasteiger partial charge in [0.05, 0.1) is 13.7 Å². The fraction of sp³-hybridized carbons (Fsp3) is 0.583. The molecule has 96 valence electrons. The van der Waals surface area contributed by atoms with Crippen LogP contribution in [-0.2, 0) is 11.3 Å². The predicted molar refractivity (Wildman–Crippen MR) is 67.2 cm³/mol. The summed E-state index contributed by atoms with van der Waals surface area (Å²) in [5.41, 5.74) is 1.08. The van der Waals surface area contributed by atoms with Crippen molar-refractivity contribution in [2.75, 3.05) is 40.5 Å². The Bertz CT molecular complexity index is 308. The highest BCUT2D eigenvalue weighted by molar-refractivity contribution is 5.24. The van der Waals surface area contributed by atoms with Gasteiger partial charge in [0.25, 0.3) is 0 Å². The highest BCUT2D eigenvalue weighted by atomic mass is 16.5. The number of hydrogen-bond acceptors (Lipinski definition) is 5. The molecule has 2 N–H and O–H groups in total. The molecule has 0 fully saturated rings. The lowest BCUT2D eigenvalue weighted by Gasteiger charge is -2.08. The molecule has 0 bridgehead atoms. The SMILES string of the molecule is COCCNCCNCc1cccnc1OC. The number of nitrogens with one attached hydrogen (secondary N) is 2. The van der Waals surface area contributed by atoms with Gasteiger partial charge in [0.15, 0.2) is 0 Å². The van der Waals surface area contributed by atoms with Crippen molar-refractivity contribution in [3.05, 3.63) is 23.9 Å². The molecule has 1 heterocycles. The second kappa shape index (κ2) is 8.92. The quantitative estimate of drug-likeness (QED) is 0.612. The molecule has 0 spiro atoms. The maximum absolute atomic E-state index is 5.17. The van der Waals surface area contributed by atoms with Gasteiger partial charge in [0.2, 0.25) is 5.88 Å². The van der Waals surface area contributed by atoms with Crippen LogP contribution in [0, 0.1) is 0 Å². The first kappa shape index (κ1) is 13.9.